The number of nitrogens with one attached hydrogen (secondary N) is 1. The predicted molar refractivity (Wildman–Crippen MR) is 172 cm³/mol. The first-order valence-electron chi connectivity index (χ1n) is 14.1. The minimum atomic E-state index is -4.51. The number of alkyl halides is 3. The summed E-state index contributed by atoms with van der Waals surface area (Å²) in [6.07, 6.45) is -4.71. The van der Waals surface area contributed by atoms with E-state index in [9.17, 15) is 18.0 Å². The Balaban J connectivity index is 1.54. The normalized spacial score (nSPS) is 17.8. The maximum Gasteiger partial charge on any atom is 0.416 e. The van der Waals surface area contributed by atoms with Gasteiger partial charge in [0.2, 0.25) is 5.90 Å². The molecule has 234 valence electrons. The third-order valence-electron chi connectivity index (χ3n) is 7.30. The highest BCUT2D eigenvalue weighted by atomic mass is 79.9. The molecule has 4 aromatic rings. The fourth-order valence-corrected chi connectivity index (χ4v) is 5.56. The van der Waals surface area contributed by atoms with Gasteiger partial charge in [-0.05, 0) is 77.4 Å². The van der Waals surface area contributed by atoms with E-state index in [1.54, 1.807) is 24.3 Å². The summed E-state index contributed by atoms with van der Waals surface area (Å²) in [5.41, 5.74) is 0.143. The molecule has 4 aromatic carbocycles. The second kappa shape index (κ2) is 14.2. The number of halogens is 5. The number of aliphatic hydroxyl groups excluding tert-OH is 1. The van der Waals surface area contributed by atoms with Crippen LogP contribution < -0.4 is 10.1 Å². The number of aliphatic imine (C=N–C) groups is 1. The van der Waals surface area contributed by atoms with Crippen molar-refractivity contribution < 1.29 is 32.5 Å². The Bertz CT molecular complexity index is 1650. The van der Waals surface area contributed by atoms with Gasteiger partial charge in [0.05, 0.1) is 12.2 Å². The van der Waals surface area contributed by atoms with Crippen molar-refractivity contribution in [2.75, 3.05) is 13.2 Å². The Morgan fingerprint density at radius 3 is 2.24 bits per heavy atom. The maximum atomic E-state index is 14.3. The summed E-state index contributed by atoms with van der Waals surface area (Å²) in [7, 11) is 0. The van der Waals surface area contributed by atoms with Gasteiger partial charge >= 0.3 is 6.18 Å². The number of hydrogen-bond acceptors (Lipinski definition) is 5. The lowest BCUT2D eigenvalue weighted by molar-refractivity contribution is -0.137. The molecule has 0 spiro atoms. The number of hydrogen-bond donors (Lipinski definition) is 2. The lowest BCUT2D eigenvalue weighted by Crippen LogP contribution is -2.49. The Kier molecular flexibility index (Phi) is 10.3. The van der Waals surface area contributed by atoms with Crippen LogP contribution in [0, 0.1) is 0 Å². The summed E-state index contributed by atoms with van der Waals surface area (Å²) in [6.45, 7) is 0.250. The Hall–Kier alpha value is -3.67. The minimum Gasteiger partial charge on any atom is -0.494 e. The number of amides is 1. The number of nitrogens with zero attached hydrogens (tertiary/aromatic N) is 1. The van der Waals surface area contributed by atoms with Gasteiger partial charge in [-0.2, -0.15) is 13.2 Å². The van der Waals surface area contributed by atoms with Crippen LogP contribution in [0.3, 0.4) is 0 Å². The van der Waals surface area contributed by atoms with E-state index in [0.717, 1.165) is 26.6 Å². The minimum absolute atomic E-state index is 0.0243. The molecule has 1 aliphatic heterocycles. The van der Waals surface area contributed by atoms with Crippen molar-refractivity contribution in [2.45, 2.75) is 37.2 Å². The van der Waals surface area contributed by atoms with Crippen LogP contribution in [0.1, 0.15) is 40.3 Å². The van der Waals surface area contributed by atoms with E-state index in [1.165, 1.54) is 12.1 Å². The first-order valence-corrected chi connectivity index (χ1v) is 15.7. The van der Waals surface area contributed by atoms with Crippen molar-refractivity contribution in [1.82, 2.24) is 5.32 Å². The fourth-order valence-electron chi connectivity index (χ4n) is 5.03. The van der Waals surface area contributed by atoms with Crippen LogP contribution in [0.15, 0.2) is 111 Å². The highest BCUT2D eigenvalue weighted by Crippen LogP contribution is 2.43. The van der Waals surface area contributed by atoms with Gasteiger partial charge in [-0.25, -0.2) is 4.99 Å². The van der Waals surface area contributed by atoms with Gasteiger partial charge in [0, 0.05) is 40.5 Å². The van der Waals surface area contributed by atoms with Crippen molar-refractivity contribution in [3.05, 3.63) is 134 Å². The third-order valence-corrected chi connectivity index (χ3v) is 8.35. The van der Waals surface area contributed by atoms with E-state index >= 15 is 0 Å². The molecule has 0 saturated heterocycles. The van der Waals surface area contributed by atoms with E-state index in [2.05, 4.69) is 37.2 Å². The summed E-state index contributed by atoms with van der Waals surface area (Å²) in [4.78, 5) is 19.3. The molecule has 0 fully saturated rings. The molecule has 0 bridgehead atoms. The number of ether oxygens (including phenoxy) is 2. The fraction of sp³-hybridized carbons (Fsp3) is 0.235. The van der Waals surface area contributed by atoms with Crippen molar-refractivity contribution in [3.63, 3.8) is 0 Å². The summed E-state index contributed by atoms with van der Waals surface area (Å²) >= 11 is 6.91. The van der Waals surface area contributed by atoms with Crippen molar-refractivity contribution in [3.8, 4) is 5.75 Å². The van der Waals surface area contributed by atoms with Crippen LogP contribution in [-0.4, -0.2) is 35.7 Å². The Morgan fingerprint density at radius 1 is 0.933 bits per heavy atom. The molecule has 1 aliphatic rings. The number of benzene rings is 4. The Morgan fingerprint density at radius 2 is 1.60 bits per heavy atom. The first kappa shape index (κ1) is 32.7. The molecule has 1 amide bonds. The zero-order valence-electron chi connectivity index (χ0n) is 23.9. The van der Waals surface area contributed by atoms with E-state index in [-0.39, 0.29) is 25.5 Å². The second-order valence-electron chi connectivity index (χ2n) is 10.5. The van der Waals surface area contributed by atoms with Gasteiger partial charge in [0.25, 0.3) is 5.91 Å². The van der Waals surface area contributed by atoms with Crippen LogP contribution in [0.2, 0.25) is 0 Å². The highest BCUT2D eigenvalue weighted by Gasteiger charge is 2.53. The molecule has 45 heavy (non-hydrogen) atoms. The van der Waals surface area contributed by atoms with Gasteiger partial charge < -0.3 is 19.9 Å². The first-order chi connectivity index (χ1) is 21.6. The van der Waals surface area contributed by atoms with Gasteiger partial charge in [-0.3, -0.25) is 4.79 Å². The molecule has 0 aromatic heterocycles. The average molecular weight is 746 g/mol. The van der Waals surface area contributed by atoms with E-state index < -0.39 is 29.3 Å². The monoisotopic (exact) mass is 744 g/mol. The number of aliphatic hydroxyl groups is 1. The maximum absolute atomic E-state index is 14.3. The molecule has 2 N–H and O–H groups in total. The predicted octanol–water partition coefficient (Wildman–Crippen LogP) is 7.81. The van der Waals surface area contributed by atoms with Crippen LogP contribution in [0.4, 0.5) is 13.2 Å². The lowest BCUT2D eigenvalue weighted by atomic mass is 9.82. The van der Waals surface area contributed by atoms with Crippen molar-refractivity contribution in [2.24, 2.45) is 4.99 Å². The number of rotatable bonds is 11. The quantitative estimate of drug-likeness (QED) is 0.154. The largest absolute Gasteiger partial charge is 0.494 e. The second-order valence-corrected chi connectivity index (χ2v) is 12.4. The molecule has 0 aliphatic carbocycles. The van der Waals surface area contributed by atoms with E-state index in [0.29, 0.717) is 35.5 Å². The van der Waals surface area contributed by atoms with Gasteiger partial charge in [0.15, 0.2) is 11.6 Å². The zero-order valence-corrected chi connectivity index (χ0v) is 27.0. The van der Waals surface area contributed by atoms with Crippen LogP contribution in [-0.2, 0) is 28.7 Å². The molecular weight excluding hydrogens is 717 g/mol. The molecule has 1 heterocycles. The van der Waals surface area contributed by atoms with Crippen molar-refractivity contribution in [1.29, 1.82) is 0 Å². The molecule has 0 saturated carbocycles. The summed E-state index contributed by atoms with van der Waals surface area (Å²) in [5.74, 6) is 0.362. The van der Waals surface area contributed by atoms with Crippen LogP contribution in [0.5, 0.6) is 5.75 Å². The molecule has 0 unspecified atom stereocenters. The molecule has 11 heteroatoms. The number of carbonyl (C=O) groups is 1. The number of carbonyl (C=O) groups excluding carboxylic acids is 1. The summed E-state index contributed by atoms with van der Waals surface area (Å²) in [6, 6.07) is 26.9. The lowest BCUT2D eigenvalue weighted by Gasteiger charge is -2.31. The summed E-state index contributed by atoms with van der Waals surface area (Å²) < 4.78 is 54.0. The standard InChI is InChI=1S/C34H29Br2F3N2O4/c35-27-11-5-22(6-12-27)20-33(32(43)40-21-23-3-1-4-26(19-23)34(37,38)39)30(24-7-13-28(36)14-8-24)45-31(41-33)25-9-15-29(16-10-25)44-18-2-17-42/h1,3-16,19,30,42H,2,17-18,20-21H2,(H,40,43)/t30-,33-/m1/s1. The van der Waals surface area contributed by atoms with E-state index in [1.807, 2.05) is 48.5 Å². The zero-order chi connectivity index (χ0) is 32.0. The van der Waals surface area contributed by atoms with Gasteiger partial charge in [0.1, 0.15) is 5.75 Å². The topological polar surface area (TPSA) is 80.2 Å². The van der Waals surface area contributed by atoms with Gasteiger partial charge in [-0.1, -0.05) is 68.3 Å². The molecular formula is C34H29Br2F3N2O4. The smallest absolute Gasteiger partial charge is 0.416 e. The SMILES string of the molecule is O=C(NCc1cccc(C(F)(F)F)c1)[C@]1(Cc2ccc(Br)cc2)N=C(c2ccc(OCCCO)cc2)O[C@@H]1c1ccc(Br)cc1. The van der Waals surface area contributed by atoms with Crippen LogP contribution >= 0.6 is 31.9 Å². The summed E-state index contributed by atoms with van der Waals surface area (Å²) in [5, 5.41) is 11.9. The molecule has 6 nitrogen and oxygen atoms in total. The van der Waals surface area contributed by atoms with Gasteiger partial charge in [-0.15, -0.1) is 0 Å². The molecule has 0 radical (unpaired) electrons. The molecule has 5 rings (SSSR count). The third kappa shape index (κ3) is 7.95. The highest BCUT2D eigenvalue weighted by molar-refractivity contribution is 9.10. The van der Waals surface area contributed by atoms with Crippen molar-refractivity contribution >= 4 is 43.7 Å². The Labute approximate surface area is 275 Å². The van der Waals surface area contributed by atoms with E-state index in [4.69, 9.17) is 19.6 Å². The van der Waals surface area contributed by atoms with Crippen LogP contribution in [0.25, 0.3) is 0 Å². The average Bonchev–Trinajstić information content (AvgIpc) is 3.42. The molecule has 2 atom stereocenters.